The molecular weight excluding hydrogens is 386 g/mol. The highest BCUT2D eigenvalue weighted by atomic mass is 32.2. The average molecular weight is 415 g/mol. The third-order valence-electron chi connectivity index (χ3n) is 5.04. The molecule has 4 nitrogen and oxygen atoms in total. The quantitative estimate of drug-likeness (QED) is 0.568. The number of nitrogens with one attached hydrogen (secondary N) is 1. The average Bonchev–Trinajstić information content (AvgIpc) is 3.13. The van der Waals surface area contributed by atoms with E-state index in [-0.39, 0.29) is 5.91 Å². The maximum Gasteiger partial charge on any atom is 0.261 e. The van der Waals surface area contributed by atoms with Crippen LogP contribution >= 0.6 is 23.1 Å². The van der Waals surface area contributed by atoms with Gasteiger partial charge < -0.3 is 4.90 Å². The zero-order valence-corrected chi connectivity index (χ0v) is 18.6. The zero-order chi connectivity index (χ0) is 20.1. The molecular formula is C22H28N3OS2+. The minimum absolute atomic E-state index is 0.0345. The molecule has 0 radical (unpaired) electrons. The lowest BCUT2D eigenvalue weighted by atomic mass is 10.2. The number of thiazole rings is 1. The summed E-state index contributed by atoms with van der Waals surface area (Å²) in [6.07, 6.45) is 2.01. The summed E-state index contributed by atoms with van der Waals surface area (Å²) in [6, 6.07) is 14.1. The van der Waals surface area contributed by atoms with Crippen molar-refractivity contribution in [3.05, 3.63) is 53.6 Å². The minimum Gasteiger partial charge on any atom is -0.334 e. The minimum atomic E-state index is 0.0345. The predicted octanol–water partition coefficient (Wildman–Crippen LogP) is 3.90. The van der Waals surface area contributed by atoms with Crippen molar-refractivity contribution in [2.24, 2.45) is 0 Å². The number of carbonyl (C=O) groups is 1. The van der Waals surface area contributed by atoms with Gasteiger partial charge in [-0.1, -0.05) is 29.5 Å². The van der Waals surface area contributed by atoms with E-state index in [2.05, 4.69) is 32.9 Å². The van der Waals surface area contributed by atoms with E-state index in [0.717, 1.165) is 45.4 Å². The number of hydrogen-bond donors (Lipinski definition) is 1. The Hall–Kier alpha value is -1.89. The first-order valence-electron chi connectivity index (χ1n) is 9.73. The second kappa shape index (κ2) is 9.54. The van der Waals surface area contributed by atoms with Crippen LogP contribution in [-0.4, -0.2) is 43.3 Å². The highest BCUT2D eigenvalue weighted by Gasteiger charge is 2.24. The number of anilines is 1. The van der Waals surface area contributed by atoms with Crippen molar-refractivity contribution < 1.29 is 9.69 Å². The predicted molar refractivity (Wildman–Crippen MR) is 121 cm³/mol. The maximum atomic E-state index is 13.5. The molecule has 0 aliphatic heterocycles. The largest absolute Gasteiger partial charge is 0.334 e. The molecule has 0 spiro atoms. The van der Waals surface area contributed by atoms with E-state index in [1.807, 2.05) is 41.5 Å². The molecule has 1 aromatic heterocycles. The molecule has 2 aromatic carbocycles. The molecule has 28 heavy (non-hydrogen) atoms. The van der Waals surface area contributed by atoms with Crippen LogP contribution in [0.4, 0.5) is 5.13 Å². The number of nitrogens with zero attached hydrogens (tertiary/aromatic N) is 2. The topological polar surface area (TPSA) is 37.6 Å². The SMILES string of the molecule is CC[NH+](CC)CCN(C(=O)c1ccccc1SC)c1nc2ccc(C)cc2s1. The Balaban J connectivity index is 1.99. The standard InChI is InChI=1S/C22H27N3OS2/c1-5-24(6-2)13-14-25(21(26)17-9-7-8-10-19(17)27-4)22-23-18-12-11-16(3)15-20(18)28-22/h7-12,15H,5-6,13-14H2,1-4H3/p+1. The fourth-order valence-corrected chi connectivity index (χ4v) is 4.94. The molecule has 1 N–H and O–H groups in total. The van der Waals surface area contributed by atoms with E-state index in [0.29, 0.717) is 6.54 Å². The number of thioether (sulfide) groups is 1. The second-order valence-corrected chi connectivity index (χ2v) is 8.69. The molecule has 0 fully saturated rings. The second-order valence-electron chi connectivity index (χ2n) is 6.83. The smallest absolute Gasteiger partial charge is 0.261 e. The van der Waals surface area contributed by atoms with Crippen molar-refractivity contribution in [3.63, 3.8) is 0 Å². The highest BCUT2D eigenvalue weighted by Crippen LogP contribution is 2.31. The van der Waals surface area contributed by atoms with Gasteiger partial charge in [0.2, 0.25) is 0 Å². The first-order valence-corrected chi connectivity index (χ1v) is 11.8. The highest BCUT2D eigenvalue weighted by molar-refractivity contribution is 7.98. The Morgan fingerprint density at radius 3 is 2.64 bits per heavy atom. The third kappa shape index (κ3) is 4.57. The first kappa shape index (κ1) is 20.8. The summed E-state index contributed by atoms with van der Waals surface area (Å²) in [6.45, 7) is 10.1. The molecule has 0 aliphatic carbocycles. The molecule has 0 bridgehead atoms. The number of quaternary nitrogens is 1. The lowest BCUT2D eigenvalue weighted by molar-refractivity contribution is -0.894. The fraction of sp³-hybridized carbons (Fsp3) is 0.364. The third-order valence-corrected chi connectivity index (χ3v) is 6.87. The van der Waals surface area contributed by atoms with Crippen molar-refractivity contribution in [1.82, 2.24) is 4.98 Å². The lowest BCUT2D eigenvalue weighted by Crippen LogP contribution is -3.12. The number of fused-ring (bicyclic) bond motifs is 1. The van der Waals surface area contributed by atoms with Crippen molar-refractivity contribution in [3.8, 4) is 0 Å². The molecule has 1 amide bonds. The van der Waals surface area contributed by atoms with E-state index in [9.17, 15) is 4.79 Å². The molecule has 1 heterocycles. The number of likely N-dealkylation sites (N-methyl/N-ethyl adjacent to an activating group) is 1. The summed E-state index contributed by atoms with van der Waals surface area (Å²) in [5.74, 6) is 0.0345. The summed E-state index contributed by atoms with van der Waals surface area (Å²) in [5.41, 5.74) is 2.91. The molecule has 3 aromatic rings. The van der Waals surface area contributed by atoms with Gasteiger partial charge in [0, 0.05) is 4.90 Å². The van der Waals surface area contributed by atoms with Gasteiger partial charge in [0.05, 0.1) is 42.0 Å². The molecule has 148 valence electrons. The molecule has 0 atom stereocenters. The monoisotopic (exact) mass is 414 g/mol. The number of aromatic nitrogens is 1. The van der Waals surface area contributed by atoms with Gasteiger partial charge >= 0.3 is 0 Å². The molecule has 0 aliphatic rings. The Labute approximate surface area is 175 Å². The van der Waals surface area contributed by atoms with Crippen LogP contribution in [0.3, 0.4) is 0 Å². The Kier molecular flexibility index (Phi) is 7.10. The first-order chi connectivity index (χ1) is 13.6. The van der Waals surface area contributed by atoms with Crippen molar-refractivity contribution in [2.75, 3.05) is 37.3 Å². The Morgan fingerprint density at radius 2 is 1.93 bits per heavy atom. The van der Waals surface area contributed by atoms with Gasteiger partial charge in [0.15, 0.2) is 5.13 Å². The van der Waals surface area contributed by atoms with Gasteiger partial charge in [0.25, 0.3) is 5.91 Å². The number of aryl methyl sites for hydroxylation is 1. The Bertz CT molecular complexity index is 950. The fourth-order valence-electron chi connectivity index (χ4n) is 3.26. The van der Waals surface area contributed by atoms with E-state index >= 15 is 0 Å². The lowest BCUT2D eigenvalue weighted by Gasteiger charge is -2.23. The summed E-state index contributed by atoms with van der Waals surface area (Å²) in [4.78, 5) is 22.7. The molecule has 0 saturated heterocycles. The van der Waals surface area contributed by atoms with Crippen LogP contribution < -0.4 is 9.80 Å². The van der Waals surface area contributed by atoms with Crippen LogP contribution in [0.15, 0.2) is 47.4 Å². The number of hydrogen-bond acceptors (Lipinski definition) is 4. The number of carbonyl (C=O) groups excluding carboxylic acids is 1. The molecule has 0 saturated carbocycles. The van der Waals surface area contributed by atoms with E-state index < -0.39 is 0 Å². The van der Waals surface area contributed by atoms with Gasteiger partial charge in [-0.15, -0.1) is 11.8 Å². The van der Waals surface area contributed by atoms with Crippen LogP contribution in [0.25, 0.3) is 10.2 Å². The summed E-state index contributed by atoms with van der Waals surface area (Å²) in [7, 11) is 0. The van der Waals surface area contributed by atoms with Gasteiger partial charge in [-0.25, -0.2) is 4.98 Å². The molecule has 0 unspecified atom stereocenters. The van der Waals surface area contributed by atoms with Gasteiger partial charge in [-0.3, -0.25) is 9.69 Å². The number of amides is 1. The van der Waals surface area contributed by atoms with E-state index in [4.69, 9.17) is 4.98 Å². The van der Waals surface area contributed by atoms with Crippen molar-refractivity contribution in [2.45, 2.75) is 25.7 Å². The summed E-state index contributed by atoms with van der Waals surface area (Å²) < 4.78 is 1.13. The Morgan fingerprint density at radius 1 is 1.18 bits per heavy atom. The maximum absolute atomic E-state index is 13.5. The number of benzene rings is 2. The van der Waals surface area contributed by atoms with E-state index in [1.54, 1.807) is 23.1 Å². The summed E-state index contributed by atoms with van der Waals surface area (Å²) >= 11 is 3.21. The number of rotatable bonds is 8. The van der Waals surface area contributed by atoms with Crippen LogP contribution in [0, 0.1) is 6.92 Å². The van der Waals surface area contributed by atoms with Crippen LogP contribution in [0.1, 0.15) is 29.8 Å². The van der Waals surface area contributed by atoms with Crippen LogP contribution in [-0.2, 0) is 0 Å². The van der Waals surface area contributed by atoms with Crippen LogP contribution in [0.2, 0.25) is 0 Å². The van der Waals surface area contributed by atoms with Crippen molar-refractivity contribution >= 4 is 44.4 Å². The van der Waals surface area contributed by atoms with Gasteiger partial charge in [-0.05, 0) is 56.9 Å². The summed E-state index contributed by atoms with van der Waals surface area (Å²) in [5, 5.41) is 0.785. The van der Waals surface area contributed by atoms with E-state index in [1.165, 1.54) is 10.5 Å². The molecule has 6 heteroatoms. The zero-order valence-electron chi connectivity index (χ0n) is 17.0. The molecule has 3 rings (SSSR count). The normalized spacial score (nSPS) is 11.3. The van der Waals surface area contributed by atoms with Crippen molar-refractivity contribution in [1.29, 1.82) is 0 Å². The van der Waals surface area contributed by atoms with Gasteiger partial charge in [-0.2, -0.15) is 0 Å². The van der Waals surface area contributed by atoms with Crippen LogP contribution in [0.5, 0.6) is 0 Å². The van der Waals surface area contributed by atoms with Gasteiger partial charge in [0.1, 0.15) is 0 Å².